The fraction of sp³-hybridized carbons (Fsp3) is 0.250. The first-order valence-corrected chi connectivity index (χ1v) is 7.74. The van der Waals surface area contributed by atoms with E-state index in [0.717, 1.165) is 17.7 Å². The second-order valence-electron chi connectivity index (χ2n) is 4.75. The third kappa shape index (κ3) is 3.65. The first-order chi connectivity index (χ1) is 10.5. The van der Waals surface area contributed by atoms with Crippen molar-refractivity contribution in [2.24, 2.45) is 5.73 Å². The van der Waals surface area contributed by atoms with E-state index in [-0.39, 0.29) is 5.91 Å². The van der Waals surface area contributed by atoms with E-state index in [1.165, 1.54) is 11.3 Å². The van der Waals surface area contributed by atoms with Crippen LogP contribution in [-0.4, -0.2) is 18.9 Å². The Balaban J connectivity index is 2.21. The molecule has 2 aromatic rings. The van der Waals surface area contributed by atoms with Crippen LogP contribution < -0.4 is 15.8 Å². The van der Waals surface area contributed by atoms with Gasteiger partial charge >= 0.3 is 0 Å². The van der Waals surface area contributed by atoms with E-state index < -0.39 is 5.91 Å². The van der Waals surface area contributed by atoms with Gasteiger partial charge in [0, 0.05) is 10.4 Å². The normalized spacial score (nSPS) is 10.3. The summed E-state index contributed by atoms with van der Waals surface area (Å²) in [5.74, 6) is -0.144. The molecule has 22 heavy (non-hydrogen) atoms. The third-order valence-corrected chi connectivity index (χ3v) is 4.23. The van der Waals surface area contributed by atoms with Gasteiger partial charge in [-0.05, 0) is 36.8 Å². The van der Waals surface area contributed by atoms with Gasteiger partial charge < -0.3 is 15.8 Å². The predicted molar refractivity (Wildman–Crippen MR) is 87.8 cm³/mol. The zero-order chi connectivity index (χ0) is 16.1. The Hall–Kier alpha value is -2.34. The Labute approximate surface area is 133 Å². The monoisotopic (exact) mass is 318 g/mol. The minimum Gasteiger partial charge on any atom is -0.497 e. The van der Waals surface area contributed by atoms with Gasteiger partial charge in [0.1, 0.15) is 10.8 Å². The van der Waals surface area contributed by atoms with Gasteiger partial charge in [0.15, 0.2) is 0 Å². The van der Waals surface area contributed by atoms with Crippen LogP contribution in [0.15, 0.2) is 30.3 Å². The number of anilines is 1. The molecule has 2 rings (SSSR count). The number of benzene rings is 1. The van der Waals surface area contributed by atoms with E-state index in [9.17, 15) is 9.59 Å². The van der Waals surface area contributed by atoms with Crippen molar-refractivity contribution in [2.75, 3.05) is 12.4 Å². The lowest BCUT2D eigenvalue weighted by Crippen LogP contribution is -2.16. The topological polar surface area (TPSA) is 81.4 Å². The van der Waals surface area contributed by atoms with Gasteiger partial charge in [-0.15, -0.1) is 11.3 Å². The SMILES string of the molecule is CCCc1cc(C(N)=O)c(NC(=O)c2ccc(OC)cc2)s1. The van der Waals surface area contributed by atoms with Gasteiger partial charge in [0.05, 0.1) is 12.7 Å². The highest BCUT2D eigenvalue weighted by Gasteiger charge is 2.16. The standard InChI is InChI=1S/C16H18N2O3S/c1-3-4-12-9-13(14(17)19)16(22-12)18-15(20)10-5-7-11(21-2)8-6-10/h5-9H,3-4H2,1-2H3,(H2,17,19)(H,18,20). The molecule has 0 atom stereocenters. The van der Waals surface area contributed by atoms with E-state index >= 15 is 0 Å². The molecule has 0 saturated carbocycles. The van der Waals surface area contributed by atoms with Gasteiger partial charge in [0.2, 0.25) is 0 Å². The van der Waals surface area contributed by atoms with E-state index in [1.54, 1.807) is 37.4 Å². The van der Waals surface area contributed by atoms with Crippen molar-refractivity contribution in [2.45, 2.75) is 19.8 Å². The molecule has 6 heteroatoms. The number of methoxy groups -OCH3 is 1. The van der Waals surface area contributed by atoms with Crippen molar-refractivity contribution < 1.29 is 14.3 Å². The zero-order valence-corrected chi connectivity index (χ0v) is 13.3. The maximum Gasteiger partial charge on any atom is 0.256 e. The van der Waals surface area contributed by atoms with E-state index in [4.69, 9.17) is 10.5 Å². The molecule has 0 aliphatic rings. The minimum atomic E-state index is -0.538. The molecule has 1 heterocycles. The fourth-order valence-corrected chi connectivity index (χ4v) is 3.16. The summed E-state index contributed by atoms with van der Waals surface area (Å²) < 4.78 is 5.06. The Morgan fingerprint density at radius 3 is 2.50 bits per heavy atom. The summed E-state index contributed by atoms with van der Waals surface area (Å²) in [5.41, 5.74) is 6.22. The molecule has 0 aliphatic heterocycles. The Morgan fingerprint density at radius 1 is 1.27 bits per heavy atom. The molecule has 2 amide bonds. The highest BCUT2D eigenvalue weighted by Crippen LogP contribution is 2.29. The number of primary amides is 1. The van der Waals surface area contributed by atoms with E-state index in [2.05, 4.69) is 12.2 Å². The summed E-state index contributed by atoms with van der Waals surface area (Å²) in [6.45, 7) is 2.05. The quantitative estimate of drug-likeness (QED) is 0.859. The lowest BCUT2D eigenvalue weighted by molar-refractivity contribution is 0.100. The number of hydrogen-bond acceptors (Lipinski definition) is 4. The second kappa shape index (κ2) is 7.09. The number of amides is 2. The summed E-state index contributed by atoms with van der Waals surface area (Å²) in [6, 6.07) is 8.50. The number of carbonyl (C=O) groups is 2. The smallest absolute Gasteiger partial charge is 0.256 e. The van der Waals surface area contributed by atoms with Crippen LogP contribution in [0.3, 0.4) is 0 Å². The molecule has 116 valence electrons. The molecule has 0 unspecified atom stereocenters. The summed E-state index contributed by atoms with van der Waals surface area (Å²) >= 11 is 1.39. The summed E-state index contributed by atoms with van der Waals surface area (Å²) in [7, 11) is 1.56. The number of ether oxygens (including phenoxy) is 1. The Bertz CT molecular complexity index is 677. The maximum absolute atomic E-state index is 12.3. The second-order valence-corrected chi connectivity index (χ2v) is 5.89. The van der Waals surface area contributed by atoms with Gasteiger partial charge in [-0.2, -0.15) is 0 Å². The van der Waals surface area contributed by atoms with Gasteiger partial charge in [-0.3, -0.25) is 9.59 Å². The largest absolute Gasteiger partial charge is 0.497 e. The molecule has 0 fully saturated rings. The number of nitrogens with two attached hydrogens (primary N) is 1. The maximum atomic E-state index is 12.3. The van der Waals surface area contributed by atoms with Crippen molar-refractivity contribution in [1.29, 1.82) is 0 Å². The highest BCUT2D eigenvalue weighted by atomic mass is 32.1. The molecule has 0 bridgehead atoms. The summed E-state index contributed by atoms with van der Waals surface area (Å²) in [6.07, 6.45) is 1.81. The number of hydrogen-bond donors (Lipinski definition) is 2. The molecule has 0 saturated heterocycles. The first kappa shape index (κ1) is 16.0. The Kier molecular flexibility index (Phi) is 5.16. The van der Waals surface area contributed by atoms with Crippen LogP contribution in [0.25, 0.3) is 0 Å². The number of carbonyl (C=O) groups excluding carboxylic acids is 2. The molecule has 1 aromatic heterocycles. The molecule has 3 N–H and O–H groups in total. The van der Waals surface area contributed by atoms with Crippen LogP contribution >= 0.6 is 11.3 Å². The molecular formula is C16H18N2O3S. The predicted octanol–water partition coefficient (Wildman–Crippen LogP) is 3.06. The molecule has 0 aliphatic carbocycles. The molecule has 5 nitrogen and oxygen atoms in total. The molecule has 0 spiro atoms. The van der Waals surface area contributed by atoms with Crippen molar-refractivity contribution in [3.05, 3.63) is 46.3 Å². The van der Waals surface area contributed by atoms with Crippen molar-refractivity contribution in [1.82, 2.24) is 0 Å². The van der Waals surface area contributed by atoms with Gasteiger partial charge in [-0.25, -0.2) is 0 Å². The lowest BCUT2D eigenvalue weighted by Gasteiger charge is -2.05. The van der Waals surface area contributed by atoms with Crippen molar-refractivity contribution in [3.8, 4) is 5.75 Å². The Morgan fingerprint density at radius 2 is 1.95 bits per heavy atom. The van der Waals surface area contributed by atoms with Crippen LogP contribution in [0, 0.1) is 0 Å². The summed E-state index contributed by atoms with van der Waals surface area (Å²) in [4.78, 5) is 24.8. The number of aryl methyl sites for hydroxylation is 1. The van der Waals surface area contributed by atoms with E-state index in [1.807, 2.05) is 0 Å². The van der Waals surface area contributed by atoms with Gasteiger partial charge in [-0.1, -0.05) is 13.3 Å². The van der Waals surface area contributed by atoms with E-state index in [0.29, 0.717) is 21.9 Å². The highest BCUT2D eigenvalue weighted by molar-refractivity contribution is 7.16. The number of rotatable bonds is 6. The first-order valence-electron chi connectivity index (χ1n) is 6.93. The summed E-state index contributed by atoms with van der Waals surface area (Å²) in [5, 5.41) is 3.26. The van der Waals surface area contributed by atoms with Crippen LogP contribution in [0.2, 0.25) is 0 Å². The minimum absolute atomic E-state index is 0.282. The van der Waals surface area contributed by atoms with Crippen molar-refractivity contribution >= 4 is 28.2 Å². The zero-order valence-electron chi connectivity index (χ0n) is 12.5. The van der Waals surface area contributed by atoms with Crippen LogP contribution in [0.4, 0.5) is 5.00 Å². The number of thiophene rings is 1. The average molecular weight is 318 g/mol. The van der Waals surface area contributed by atoms with Crippen molar-refractivity contribution in [3.63, 3.8) is 0 Å². The molecule has 0 radical (unpaired) electrons. The van der Waals surface area contributed by atoms with Crippen LogP contribution in [0.5, 0.6) is 5.75 Å². The van der Waals surface area contributed by atoms with Crippen LogP contribution in [-0.2, 0) is 6.42 Å². The number of nitrogens with one attached hydrogen (secondary N) is 1. The van der Waals surface area contributed by atoms with Gasteiger partial charge in [0.25, 0.3) is 11.8 Å². The molecule has 1 aromatic carbocycles. The molecular weight excluding hydrogens is 300 g/mol. The van der Waals surface area contributed by atoms with Crippen LogP contribution in [0.1, 0.15) is 38.9 Å². The fourth-order valence-electron chi connectivity index (χ4n) is 2.01. The third-order valence-electron chi connectivity index (χ3n) is 3.12. The average Bonchev–Trinajstić information content (AvgIpc) is 2.90. The lowest BCUT2D eigenvalue weighted by atomic mass is 10.2.